The van der Waals surface area contributed by atoms with Gasteiger partial charge in [0.25, 0.3) is 0 Å². The molecule has 1 aromatic carbocycles. The molecule has 40 heavy (non-hydrogen) atoms. The van der Waals surface area contributed by atoms with E-state index in [0.717, 1.165) is 18.9 Å². The maximum Gasteiger partial charge on any atom is 0.416 e. The fourth-order valence-corrected chi connectivity index (χ4v) is 6.91. The molecule has 0 bridgehead atoms. The van der Waals surface area contributed by atoms with Crippen LogP contribution in [-0.4, -0.2) is 64.4 Å². The first-order valence-electron chi connectivity index (χ1n) is 14.5. The first kappa shape index (κ1) is 30.5. The van der Waals surface area contributed by atoms with Gasteiger partial charge in [-0.05, 0) is 87.5 Å². The third-order valence-corrected chi connectivity index (χ3v) is 9.08. The van der Waals surface area contributed by atoms with E-state index in [1.54, 1.807) is 13.0 Å². The Hall–Kier alpha value is -2.49. The summed E-state index contributed by atoms with van der Waals surface area (Å²) in [4.78, 5) is 27.4. The maximum absolute atomic E-state index is 14.0. The number of ether oxygens (including phenoxy) is 2. The van der Waals surface area contributed by atoms with E-state index >= 15 is 0 Å². The van der Waals surface area contributed by atoms with E-state index in [-0.39, 0.29) is 40.7 Å². The summed E-state index contributed by atoms with van der Waals surface area (Å²) in [7, 11) is 0. The summed E-state index contributed by atoms with van der Waals surface area (Å²) in [5.41, 5.74) is -0.529. The predicted octanol–water partition coefficient (Wildman–Crippen LogP) is 6.73. The van der Waals surface area contributed by atoms with Crippen molar-refractivity contribution < 1.29 is 37.3 Å². The summed E-state index contributed by atoms with van der Waals surface area (Å²) in [6.45, 7) is 9.75. The van der Waals surface area contributed by atoms with Crippen LogP contribution in [0.4, 0.5) is 18.0 Å². The highest BCUT2D eigenvalue weighted by molar-refractivity contribution is 5.72. The Balaban J connectivity index is 1.56. The van der Waals surface area contributed by atoms with Crippen LogP contribution in [0.1, 0.15) is 90.2 Å². The normalized spacial score (nSPS) is 25.7. The van der Waals surface area contributed by atoms with Crippen LogP contribution in [0.25, 0.3) is 0 Å². The van der Waals surface area contributed by atoms with E-state index in [9.17, 15) is 27.9 Å². The van der Waals surface area contributed by atoms with Crippen LogP contribution in [0.5, 0.6) is 5.75 Å². The molecule has 1 unspecified atom stereocenters. The van der Waals surface area contributed by atoms with Crippen LogP contribution in [0.3, 0.4) is 0 Å². The number of hydrogen-bond donors (Lipinski definition) is 1. The lowest BCUT2D eigenvalue weighted by atomic mass is 9.84. The van der Waals surface area contributed by atoms with Gasteiger partial charge in [-0.1, -0.05) is 20.8 Å². The van der Waals surface area contributed by atoms with E-state index < -0.39 is 17.8 Å². The molecular weight excluding hydrogens is 525 g/mol. The fourth-order valence-electron chi connectivity index (χ4n) is 6.91. The average Bonchev–Trinajstić information content (AvgIpc) is 3.21. The largest absolute Gasteiger partial charge is 0.490 e. The second-order valence-corrected chi connectivity index (χ2v) is 12.7. The van der Waals surface area contributed by atoms with Gasteiger partial charge in [-0.15, -0.1) is 0 Å². The molecule has 1 N–H and O–H groups in total. The first-order valence-corrected chi connectivity index (χ1v) is 14.5. The minimum atomic E-state index is -4.52. The van der Waals surface area contributed by atoms with Crippen LogP contribution < -0.4 is 4.74 Å². The SMILES string of the molecule is CCOC(=O)C1CCC(Oc2cc(CN3C(C(C)(C)C)CCC34CCN(C(=O)O)CC4)cc(C(F)(F)F)c2)CC1. The molecule has 224 valence electrons. The lowest BCUT2D eigenvalue weighted by Gasteiger charge is -2.48. The van der Waals surface area contributed by atoms with E-state index in [1.165, 1.54) is 11.0 Å². The Bertz CT molecular complexity index is 1050. The number of rotatable bonds is 6. The minimum absolute atomic E-state index is 0.0913. The van der Waals surface area contributed by atoms with Gasteiger partial charge < -0.3 is 19.5 Å². The number of amides is 1. The van der Waals surface area contributed by atoms with Gasteiger partial charge in [-0.3, -0.25) is 9.69 Å². The number of likely N-dealkylation sites (tertiary alicyclic amines) is 2. The molecule has 2 aliphatic heterocycles. The zero-order valence-electron chi connectivity index (χ0n) is 24.1. The van der Waals surface area contributed by atoms with Gasteiger partial charge >= 0.3 is 18.2 Å². The quantitative estimate of drug-likeness (QED) is 0.384. The number of alkyl halides is 3. The lowest BCUT2D eigenvalue weighted by Crippen LogP contribution is -2.56. The summed E-state index contributed by atoms with van der Waals surface area (Å²) in [6, 6.07) is 4.18. The van der Waals surface area contributed by atoms with Crippen molar-refractivity contribution in [3.63, 3.8) is 0 Å². The molecule has 10 heteroatoms. The van der Waals surface area contributed by atoms with Crippen molar-refractivity contribution in [1.82, 2.24) is 9.80 Å². The van der Waals surface area contributed by atoms with Gasteiger partial charge in [0.2, 0.25) is 0 Å². The van der Waals surface area contributed by atoms with Crippen LogP contribution in [0.15, 0.2) is 18.2 Å². The Morgan fingerprint density at radius 3 is 2.20 bits per heavy atom. The van der Waals surface area contributed by atoms with E-state index in [1.807, 2.05) is 0 Å². The molecule has 2 saturated heterocycles. The molecule has 3 aliphatic rings. The van der Waals surface area contributed by atoms with Crippen molar-refractivity contribution in [1.29, 1.82) is 0 Å². The third-order valence-electron chi connectivity index (χ3n) is 9.08. The second kappa shape index (κ2) is 11.8. The Labute approximate surface area is 235 Å². The molecule has 1 aliphatic carbocycles. The third kappa shape index (κ3) is 6.86. The Kier molecular flexibility index (Phi) is 8.97. The number of benzene rings is 1. The summed E-state index contributed by atoms with van der Waals surface area (Å²) in [6.07, 6.45) is -0.224. The highest BCUT2D eigenvalue weighted by Crippen LogP contribution is 2.48. The zero-order valence-corrected chi connectivity index (χ0v) is 24.1. The molecule has 3 fully saturated rings. The van der Waals surface area contributed by atoms with Gasteiger partial charge in [-0.25, -0.2) is 4.79 Å². The monoisotopic (exact) mass is 568 g/mol. The number of carbonyl (C=O) groups is 2. The van der Waals surface area contributed by atoms with Crippen molar-refractivity contribution in [3.05, 3.63) is 29.3 Å². The van der Waals surface area contributed by atoms with Crippen molar-refractivity contribution >= 4 is 12.1 Å². The molecule has 7 nitrogen and oxygen atoms in total. The van der Waals surface area contributed by atoms with Crippen molar-refractivity contribution in [2.75, 3.05) is 19.7 Å². The van der Waals surface area contributed by atoms with E-state index in [2.05, 4.69) is 25.7 Å². The number of carboxylic acid groups (broad SMARTS) is 1. The Morgan fingerprint density at radius 1 is 1.00 bits per heavy atom. The number of piperidine rings is 1. The van der Waals surface area contributed by atoms with Crippen LogP contribution in [0, 0.1) is 11.3 Å². The van der Waals surface area contributed by atoms with Crippen LogP contribution in [-0.2, 0) is 22.3 Å². The maximum atomic E-state index is 14.0. The minimum Gasteiger partial charge on any atom is -0.490 e. The van der Waals surface area contributed by atoms with Gasteiger partial charge in [-0.2, -0.15) is 13.2 Å². The fraction of sp³-hybridized carbons (Fsp3) is 0.733. The molecule has 2 heterocycles. The second-order valence-electron chi connectivity index (χ2n) is 12.7. The summed E-state index contributed by atoms with van der Waals surface area (Å²) in [5, 5.41) is 9.46. The molecule has 0 aromatic heterocycles. The molecule has 4 rings (SSSR count). The van der Waals surface area contributed by atoms with E-state index in [0.29, 0.717) is 70.3 Å². The van der Waals surface area contributed by atoms with Crippen LogP contribution in [0.2, 0.25) is 0 Å². The van der Waals surface area contributed by atoms with Crippen LogP contribution >= 0.6 is 0 Å². The summed E-state index contributed by atoms with van der Waals surface area (Å²) >= 11 is 0. The zero-order chi connectivity index (χ0) is 29.3. The standard InChI is InChI=1S/C30H43F3N2O5/c1-5-39-26(36)21-6-8-23(9-7-21)40-24-17-20(16-22(18-24)30(31,32)33)19-35-25(28(2,3)4)10-11-29(35)12-14-34(15-13-29)27(37)38/h16-18,21,23,25H,5-15,19H2,1-4H3,(H,37,38). The van der Waals surface area contributed by atoms with Crippen molar-refractivity contribution in [2.24, 2.45) is 11.3 Å². The summed E-state index contributed by atoms with van der Waals surface area (Å²) in [5.74, 6) is -0.208. The molecule has 1 atom stereocenters. The van der Waals surface area contributed by atoms with Gasteiger partial charge in [0.05, 0.1) is 24.2 Å². The molecular formula is C30H43F3N2O5. The highest BCUT2D eigenvalue weighted by atomic mass is 19.4. The van der Waals surface area contributed by atoms with Gasteiger partial charge in [0, 0.05) is 31.2 Å². The topological polar surface area (TPSA) is 79.3 Å². The number of carbonyl (C=O) groups excluding carboxylic acids is 1. The van der Waals surface area contributed by atoms with Gasteiger partial charge in [0.1, 0.15) is 5.75 Å². The van der Waals surface area contributed by atoms with E-state index in [4.69, 9.17) is 9.47 Å². The first-order chi connectivity index (χ1) is 18.7. The summed E-state index contributed by atoms with van der Waals surface area (Å²) < 4.78 is 53.2. The van der Waals surface area contributed by atoms with Crippen molar-refractivity contribution in [2.45, 2.75) is 109 Å². The number of nitrogens with zero attached hydrogens (tertiary/aromatic N) is 2. The van der Waals surface area contributed by atoms with Crippen molar-refractivity contribution in [3.8, 4) is 5.75 Å². The number of esters is 1. The highest BCUT2D eigenvalue weighted by Gasteiger charge is 2.51. The average molecular weight is 569 g/mol. The Morgan fingerprint density at radius 2 is 1.65 bits per heavy atom. The molecule has 1 amide bonds. The van der Waals surface area contributed by atoms with Gasteiger partial charge in [0.15, 0.2) is 0 Å². The molecule has 1 saturated carbocycles. The molecule has 0 radical (unpaired) electrons. The lowest BCUT2D eigenvalue weighted by molar-refractivity contribution is -0.149. The number of hydrogen-bond acceptors (Lipinski definition) is 5. The molecule has 1 spiro atoms. The smallest absolute Gasteiger partial charge is 0.416 e. The molecule has 1 aromatic rings. The predicted molar refractivity (Wildman–Crippen MR) is 144 cm³/mol. The number of halogens is 3.